The third kappa shape index (κ3) is 4.18. The zero-order chi connectivity index (χ0) is 14.4. The van der Waals surface area contributed by atoms with E-state index in [1.54, 1.807) is 18.2 Å². The van der Waals surface area contributed by atoms with Crippen molar-refractivity contribution >= 4 is 17.7 Å². The SMILES string of the molecule is O=C(O)CCC(=O)[C@@H](c1ccccc1)[C@H](O)C(=O)O. The van der Waals surface area contributed by atoms with E-state index >= 15 is 0 Å². The molecule has 0 heterocycles. The molecular formula is C13H14O6. The minimum atomic E-state index is -1.89. The predicted octanol–water partition coefficient (Wildman–Crippen LogP) is 0.650. The molecule has 0 aliphatic heterocycles. The fourth-order valence-electron chi connectivity index (χ4n) is 1.73. The molecule has 0 amide bonds. The van der Waals surface area contributed by atoms with Crippen molar-refractivity contribution < 1.29 is 29.7 Å². The van der Waals surface area contributed by atoms with Gasteiger partial charge in [-0.25, -0.2) is 4.79 Å². The Morgan fingerprint density at radius 2 is 1.58 bits per heavy atom. The van der Waals surface area contributed by atoms with Crippen LogP contribution in [0.3, 0.4) is 0 Å². The highest BCUT2D eigenvalue weighted by atomic mass is 16.4. The lowest BCUT2D eigenvalue weighted by Crippen LogP contribution is -2.33. The molecule has 1 rings (SSSR count). The topological polar surface area (TPSA) is 112 Å². The van der Waals surface area contributed by atoms with Gasteiger partial charge in [0, 0.05) is 6.42 Å². The summed E-state index contributed by atoms with van der Waals surface area (Å²) in [5, 5.41) is 27.0. The highest BCUT2D eigenvalue weighted by Crippen LogP contribution is 2.23. The molecule has 102 valence electrons. The quantitative estimate of drug-likeness (QED) is 0.668. The van der Waals surface area contributed by atoms with Gasteiger partial charge in [-0.1, -0.05) is 30.3 Å². The summed E-state index contributed by atoms with van der Waals surface area (Å²) in [6.07, 6.45) is -2.60. The van der Waals surface area contributed by atoms with E-state index in [0.717, 1.165) is 0 Å². The molecule has 0 fully saturated rings. The van der Waals surface area contributed by atoms with Crippen molar-refractivity contribution in [3.05, 3.63) is 35.9 Å². The van der Waals surface area contributed by atoms with Crippen LogP contribution in [-0.4, -0.2) is 39.1 Å². The second kappa shape index (κ2) is 6.65. The molecule has 0 unspecified atom stereocenters. The van der Waals surface area contributed by atoms with E-state index in [-0.39, 0.29) is 6.42 Å². The van der Waals surface area contributed by atoms with Crippen LogP contribution >= 0.6 is 0 Å². The van der Waals surface area contributed by atoms with E-state index in [1.165, 1.54) is 12.1 Å². The van der Waals surface area contributed by atoms with Crippen molar-refractivity contribution in [2.45, 2.75) is 24.9 Å². The number of carbonyl (C=O) groups is 3. The molecule has 0 aliphatic carbocycles. The molecule has 3 N–H and O–H groups in total. The first-order valence-corrected chi connectivity index (χ1v) is 5.63. The van der Waals surface area contributed by atoms with Crippen LogP contribution in [0.15, 0.2) is 30.3 Å². The van der Waals surface area contributed by atoms with E-state index in [9.17, 15) is 19.5 Å². The lowest BCUT2D eigenvalue weighted by molar-refractivity contribution is -0.150. The second-order valence-corrected chi connectivity index (χ2v) is 4.03. The summed E-state index contributed by atoms with van der Waals surface area (Å²) < 4.78 is 0. The van der Waals surface area contributed by atoms with Crippen molar-refractivity contribution in [1.82, 2.24) is 0 Å². The van der Waals surface area contributed by atoms with Crippen LogP contribution in [0.5, 0.6) is 0 Å². The largest absolute Gasteiger partial charge is 0.481 e. The highest BCUT2D eigenvalue weighted by molar-refractivity contribution is 5.93. The number of Topliss-reactive ketones (excluding diaryl/α,β-unsaturated/α-hetero) is 1. The van der Waals surface area contributed by atoms with E-state index in [1.807, 2.05) is 0 Å². The third-order valence-corrected chi connectivity index (χ3v) is 2.66. The average Bonchev–Trinajstić information content (AvgIpc) is 2.37. The molecular weight excluding hydrogens is 252 g/mol. The molecule has 0 spiro atoms. The van der Waals surface area contributed by atoms with E-state index < -0.39 is 36.2 Å². The number of ketones is 1. The smallest absolute Gasteiger partial charge is 0.333 e. The summed E-state index contributed by atoms with van der Waals surface area (Å²) in [6, 6.07) is 7.96. The van der Waals surface area contributed by atoms with Crippen molar-refractivity contribution in [1.29, 1.82) is 0 Å². The molecule has 0 aliphatic rings. The number of carbonyl (C=O) groups excluding carboxylic acids is 1. The summed E-state index contributed by atoms with van der Waals surface area (Å²) in [5.41, 5.74) is 0.354. The monoisotopic (exact) mass is 266 g/mol. The molecule has 2 atom stereocenters. The summed E-state index contributed by atoms with van der Waals surface area (Å²) >= 11 is 0. The van der Waals surface area contributed by atoms with Crippen LogP contribution in [-0.2, 0) is 14.4 Å². The summed E-state index contributed by atoms with van der Waals surface area (Å²) in [6.45, 7) is 0. The fraction of sp³-hybridized carbons (Fsp3) is 0.308. The van der Waals surface area contributed by atoms with Crippen LogP contribution in [0.1, 0.15) is 24.3 Å². The summed E-state index contributed by atoms with van der Waals surface area (Å²) in [5.74, 6) is -4.52. The van der Waals surface area contributed by atoms with Gasteiger partial charge in [-0.05, 0) is 5.56 Å². The lowest BCUT2D eigenvalue weighted by Gasteiger charge is -2.18. The Labute approximate surface area is 109 Å². The molecule has 0 saturated heterocycles. The zero-order valence-corrected chi connectivity index (χ0v) is 10.0. The van der Waals surface area contributed by atoms with Crippen molar-refractivity contribution in [2.24, 2.45) is 0 Å². The number of aliphatic hydroxyl groups is 1. The molecule has 6 nitrogen and oxygen atoms in total. The first-order valence-electron chi connectivity index (χ1n) is 5.63. The van der Waals surface area contributed by atoms with Gasteiger partial charge in [0.05, 0.1) is 12.3 Å². The minimum absolute atomic E-state index is 0.320. The Hall–Kier alpha value is -2.21. The first kappa shape index (κ1) is 14.8. The van der Waals surface area contributed by atoms with Crippen LogP contribution in [0.2, 0.25) is 0 Å². The number of carboxylic acids is 2. The number of carboxylic acid groups (broad SMARTS) is 2. The van der Waals surface area contributed by atoms with Gasteiger partial charge >= 0.3 is 11.9 Å². The number of benzene rings is 1. The minimum Gasteiger partial charge on any atom is -0.481 e. The zero-order valence-electron chi connectivity index (χ0n) is 10.0. The van der Waals surface area contributed by atoms with E-state index in [2.05, 4.69) is 0 Å². The van der Waals surface area contributed by atoms with Gasteiger partial charge in [-0.2, -0.15) is 0 Å². The standard InChI is InChI=1S/C13H14O6/c14-9(6-7-10(15)16)11(12(17)13(18)19)8-4-2-1-3-5-8/h1-5,11-12,17H,6-7H2,(H,15,16)(H,18,19)/t11-,12+/m1/s1. The van der Waals surface area contributed by atoms with Crippen LogP contribution in [0.25, 0.3) is 0 Å². The van der Waals surface area contributed by atoms with Crippen molar-refractivity contribution in [3.63, 3.8) is 0 Å². The molecule has 19 heavy (non-hydrogen) atoms. The van der Waals surface area contributed by atoms with Crippen LogP contribution in [0, 0.1) is 0 Å². The van der Waals surface area contributed by atoms with Gasteiger partial charge in [0.1, 0.15) is 5.78 Å². The van der Waals surface area contributed by atoms with Gasteiger partial charge in [0.25, 0.3) is 0 Å². The van der Waals surface area contributed by atoms with Crippen molar-refractivity contribution in [3.8, 4) is 0 Å². The predicted molar refractivity (Wildman–Crippen MR) is 64.7 cm³/mol. The van der Waals surface area contributed by atoms with Crippen molar-refractivity contribution in [2.75, 3.05) is 0 Å². The molecule has 1 aromatic carbocycles. The Morgan fingerprint density at radius 3 is 2.05 bits per heavy atom. The maximum absolute atomic E-state index is 11.9. The summed E-state index contributed by atoms with van der Waals surface area (Å²) in [7, 11) is 0. The number of aliphatic carboxylic acids is 2. The third-order valence-electron chi connectivity index (χ3n) is 2.66. The first-order chi connectivity index (χ1) is 8.93. The Kier molecular flexibility index (Phi) is 5.20. The summed E-state index contributed by atoms with van der Waals surface area (Å²) in [4.78, 5) is 33.2. The van der Waals surface area contributed by atoms with Gasteiger partial charge in [0.15, 0.2) is 6.10 Å². The Bertz CT molecular complexity index is 467. The molecule has 0 saturated carbocycles. The number of hydrogen-bond acceptors (Lipinski definition) is 4. The number of hydrogen-bond donors (Lipinski definition) is 3. The van der Waals surface area contributed by atoms with Crippen LogP contribution in [0.4, 0.5) is 0 Å². The normalized spacial score (nSPS) is 13.5. The number of rotatable bonds is 7. The van der Waals surface area contributed by atoms with Crippen LogP contribution < -0.4 is 0 Å². The van der Waals surface area contributed by atoms with E-state index in [4.69, 9.17) is 10.2 Å². The van der Waals surface area contributed by atoms with Gasteiger partial charge < -0.3 is 15.3 Å². The van der Waals surface area contributed by atoms with E-state index in [0.29, 0.717) is 5.56 Å². The Morgan fingerprint density at radius 1 is 1.00 bits per heavy atom. The molecule has 0 bridgehead atoms. The molecule has 0 aromatic heterocycles. The Balaban J connectivity index is 2.96. The molecule has 1 aromatic rings. The fourth-order valence-corrected chi connectivity index (χ4v) is 1.73. The lowest BCUT2D eigenvalue weighted by atomic mass is 9.87. The highest BCUT2D eigenvalue weighted by Gasteiger charge is 2.33. The van der Waals surface area contributed by atoms with Gasteiger partial charge in [-0.3, -0.25) is 9.59 Å². The van der Waals surface area contributed by atoms with Gasteiger partial charge in [0.2, 0.25) is 0 Å². The molecule has 6 heteroatoms. The molecule has 0 radical (unpaired) electrons. The maximum atomic E-state index is 11.9. The number of aliphatic hydroxyl groups excluding tert-OH is 1. The second-order valence-electron chi connectivity index (χ2n) is 4.03. The van der Waals surface area contributed by atoms with Gasteiger partial charge in [-0.15, -0.1) is 0 Å². The average molecular weight is 266 g/mol. The maximum Gasteiger partial charge on any atom is 0.333 e.